The molecule has 0 bridgehead atoms. The highest BCUT2D eigenvalue weighted by Gasteiger charge is 2.31. The number of hydrogen-bond acceptors (Lipinski definition) is 3. The molecule has 20 heavy (non-hydrogen) atoms. The van der Waals surface area contributed by atoms with Gasteiger partial charge in [0, 0.05) is 11.8 Å². The predicted octanol–water partition coefficient (Wildman–Crippen LogP) is 2.31. The molecule has 6 heteroatoms. The fourth-order valence-electron chi connectivity index (χ4n) is 1.96. The van der Waals surface area contributed by atoms with Crippen molar-refractivity contribution in [2.24, 2.45) is 5.73 Å². The lowest BCUT2D eigenvalue weighted by atomic mass is 9.92. The molecule has 0 radical (unpaired) electrons. The fraction of sp³-hybridized carbons (Fsp3) is 0.429. The molecule has 0 spiro atoms. The Morgan fingerprint density at radius 2 is 2.05 bits per heavy atom. The maximum Gasteiger partial charge on any atom is 0.320 e. The van der Waals surface area contributed by atoms with Crippen molar-refractivity contribution >= 4 is 17.6 Å². The van der Waals surface area contributed by atoms with Gasteiger partial charge >= 0.3 is 6.03 Å². The van der Waals surface area contributed by atoms with Gasteiger partial charge in [-0.3, -0.25) is 5.41 Å². The van der Waals surface area contributed by atoms with Crippen LogP contribution in [0.15, 0.2) is 24.3 Å². The molecule has 1 aromatic carbocycles. The highest BCUT2D eigenvalue weighted by Crippen LogP contribution is 2.18. The van der Waals surface area contributed by atoms with Crippen LogP contribution in [-0.4, -0.2) is 24.5 Å². The third-order valence-electron chi connectivity index (χ3n) is 3.40. The molecule has 0 aliphatic carbocycles. The normalized spacial score (nSPS) is 10.8. The van der Waals surface area contributed by atoms with Crippen LogP contribution in [0.5, 0.6) is 5.75 Å². The minimum atomic E-state index is -0.803. The number of carbonyl (C=O) groups is 1. The molecule has 0 unspecified atom stereocenters. The molecule has 1 rings (SSSR count). The second-order valence-corrected chi connectivity index (χ2v) is 4.51. The van der Waals surface area contributed by atoms with E-state index < -0.39 is 11.6 Å². The zero-order valence-electron chi connectivity index (χ0n) is 12.1. The molecule has 6 nitrogen and oxygen atoms in total. The standard InChI is InChI=1S/C14H22N4O2/c1-4-14(5-2,12(15)16)18-13(19)17-10-7-6-8-11(9-10)20-3/h6-9H,4-5H2,1-3H3,(H3,15,16)(H2,17,18,19). The van der Waals surface area contributed by atoms with E-state index in [0.29, 0.717) is 24.3 Å². The Morgan fingerprint density at radius 1 is 1.40 bits per heavy atom. The summed E-state index contributed by atoms with van der Waals surface area (Å²) in [4.78, 5) is 12.0. The van der Waals surface area contributed by atoms with Crippen LogP contribution in [0.4, 0.5) is 10.5 Å². The lowest BCUT2D eigenvalue weighted by Crippen LogP contribution is -2.57. The summed E-state index contributed by atoms with van der Waals surface area (Å²) in [5.74, 6) is 0.620. The summed E-state index contributed by atoms with van der Waals surface area (Å²) >= 11 is 0. The number of ether oxygens (including phenoxy) is 1. The average Bonchev–Trinajstić information content (AvgIpc) is 2.44. The summed E-state index contributed by atoms with van der Waals surface area (Å²) in [5, 5.41) is 13.1. The maximum atomic E-state index is 12.0. The molecule has 0 heterocycles. The van der Waals surface area contributed by atoms with E-state index in [1.165, 1.54) is 0 Å². The number of anilines is 1. The molecular weight excluding hydrogens is 256 g/mol. The lowest BCUT2D eigenvalue weighted by Gasteiger charge is -2.31. The molecule has 0 aliphatic heterocycles. The van der Waals surface area contributed by atoms with Crippen LogP contribution in [-0.2, 0) is 0 Å². The van der Waals surface area contributed by atoms with Crippen molar-refractivity contribution in [2.45, 2.75) is 32.2 Å². The Labute approximate surface area is 119 Å². The number of nitrogens with two attached hydrogens (primary N) is 1. The molecule has 0 saturated heterocycles. The highest BCUT2D eigenvalue weighted by atomic mass is 16.5. The first kappa shape index (κ1) is 15.8. The van der Waals surface area contributed by atoms with Gasteiger partial charge in [0.15, 0.2) is 0 Å². The Hall–Kier alpha value is -2.24. The van der Waals surface area contributed by atoms with E-state index in [9.17, 15) is 4.79 Å². The molecule has 0 atom stereocenters. The van der Waals surface area contributed by atoms with E-state index >= 15 is 0 Å². The number of carbonyl (C=O) groups excluding carboxylic acids is 1. The lowest BCUT2D eigenvalue weighted by molar-refractivity contribution is 0.243. The summed E-state index contributed by atoms with van der Waals surface area (Å²) in [6.07, 6.45) is 1.12. The number of amides is 2. The van der Waals surface area contributed by atoms with Gasteiger partial charge in [-0.1, -0.05) is 19.9 Å². The number of rotatable bonds is 6. The number of benzene rings is 1. The van der Waals surface area contributed by atoms with E-state index in [-0.39, 0.29) is 5.84 Å². The van der Waals surface area contributed by atoms with E-state index in [0.717, 1.165) is 0 Å². The van der Waals surface area contributed by atoms with Gasteiger partial charge in [-0.05, 0) is 25.0 Å². The molecule has 0 aliphatic rings. The van der Waals surface area contributed by atoms with Crippen LogP contribution in [0.1, 0.15) is 26.7 Å². The number of urea groups is 1. The minimum absolute atomic E-state index is 0.0386. The topological polar surface area (TPSA) is 100 Å². The van der Waals surface area contributed by atoms with Crippen molar-refractivity contribution in [3.05, 3.63) is 24.3 Å². The summed E-state index contributed by atoms with van der Waals surface area (Å²) in [6, 6.07) is 6.66. The first-order valence-corrected chi connectivity index (χ1v) is 6.55. The third kappa shape index (κ3) is 3.63. The van der Waals surface area contributed by atoms with Crippen molar-refractivity contribution in [1.29, 1.82) is 5.41 Å². The average molecular weight is 278 g/mol. The predicted molar refractivity (Wildman–Crippen MR) is 80.4 cm³/mol. The Bertz CT molecular complexity index is 484. The second-order valence-electron chi connectivity index (χ2n) is 4.51. The number of methoxy groups -OCH3 is 1. The van der Waals surface area contributed by atoms with Crippen LogP contribution in [0.3, 0.4) is 0 Å². The van der Waals surface area contributed by atoms with E-state index in [1.54, 1.807) is 31.4 Å². The second kappa shape index (κ2) is 6.79. The molecule has 2 amide bonds. The van der Waals surface area contributed by atoms with Gasteiger partial charge < -0.3 is 21.1 Å². The van der Waals surface area contributed by atoms with Gasteiger partial charge in [0.2, 0.25) is 0 Å². The van der Waals surface area contributed by atoms with Gasteiger partial charge in [-0.25, -0.2) is 4.79 Å². The van der Waals surface area contributed by atoms with Gasteiger partial charge in [0.25, 0.3) is 0 Å². The smallest absolute Gasteiger partial charge is 0.320 e. The maximum absolute atomic E-state index is 12.0. The molecule has 0 fully saturated rings. The fourth-order valence-corrected chi connectivity index (χ4v) is 1.96. The van der Waals surface area contributed by atoms with Crippen LogP contribution in [0.25, 0.3) is 0 Å². The molecule has 5 N–H and O–H groups in total. The largest absolute Gasteiger partial charge is 0.497 e. The Morgan fingerprint density at radius 3 is 2.55 bits per heavy atom. The number of amidine groups is 1. The first-order chi connectivity index (χ1) is 9.47. The zero-order chi connectivity index (χ0) is 15.2. The Balaban J connectivity index is 2.78. The summed E-state index contributed by atoms with van der Waals surface area (Å²) in [7, 11) is 1.56. The van der Waals surface area contributed by atoms with Crippen LogP contribution >= 0.6 is 0 Å². The van der Waals surface area contributed by atoms with Crippen LogP contribution in [0, 0.1) is 5.41 Å². The number of nitrogens with one attached hydrogen (secondary N) is 3. The van der Waals surface area contributed by atoms with Crippen molar-refractivity contribution < 1.29 is 9.53 Å². The molecule has 0 aromatic heterocycles. The number of hydrogen-bond donors (Lipinski definition) is 4. The van der Waals surface area contributed by atoms with Crippen molar-refractivity contribution in [1.82, 2.24) is 5.32 Å². The summed E-state index contributed by atoms with van der Waals surface area (Å²) in [6.45, 7) is 3.77. The van der Waals surface area contributed by atoms with Gasteiger partial charge in [-0.15, -0.1) is 0 Å². The molecular formula is C14H22N4O2. The van der Waals surface area contributed by atoms with Crippen molar-refractivity contribution in [2.75, 3.05) is 12.4 Å². The molecule has 0 saturated carbocycles. The quantitative estimate of drug-likeness (QED) is 0.474. The van der Waals surface area contributed by atoms with Crippen molar-refractivity contribution in [3.63, 3.8) is 0 Å². The van der Waals surface area contributed by atoms with E-state index in [1.807, 2.05) is 13.8 Å². The van der Waals surface area contributed by atoms with Crippen molar-refractivity contribution in [3.8, 4) is 5.75 Å². The Kier molecular flexibility index (Phi) is 5.37. The van der Waals surface area contributed by atoms with Crippen LogP contribution in [0.2, 0.25) is 0 Å². The monoisotopic (exact) mass is 278 g/mol. The molecule has 1 aromatic rings. The van der Waals surface area contributed by atoms with Crippen LogP contribution < -0.4 is 21.1 Å². The van der Waals surface area contributed by atoms with E-state index in [2.05, 4.69) is 10.6 Å². The minimum Gasteiger partial charge on any atom is -0.497 e. The first-order valence-electron chi connectivity index (χ1n) is 6.55. The highest BCUT2D eigenvalue weighted by molar-refractivity contribution is 5.96. The van der Waals surface area contributed by atoms with Gasteiger partial charge in [0.1, 0.15) is 11.6 Å². The third-order valence-corrected chi connectivity index (χ3v) is 3.40. The van der Waals surface area contributed by atoms with Gasteiger partial charge in [0.05, 0.1) is 12.6 Å². The molecule has 110 valence electrons. The summed E-state index contributed by atoms with van der Waals surface area (Å²) in [5.41, 5.74) is 5.42. The van der Waals surface area contributed by atoms with Gasteiger partial charge in [-0.2, -0.15) is 0 Å². The van der Waals surface area contributed by atoms with E-state index in [4.69, 9.17) is 15.9 Å². The zero-order valence-corrected chi connectivity index (χ0v) is 12.1. The summed E-state index contributed by atoms with van der Waals surface area (Å²) < 4.78 is 5.09. The SMILES string of the molecule is CCC(CC)(NC(=O)Nc1cccc(OC)c1)C(=N)N.